The third-order valence-corrected chi connectivity index (χ3v) is 3.42. The third kappa shape index (κ3) is 2.48. The normalized spacial score (nSPS) is 14.4. The van der Waals surface area contributed by atoms with Crippen LogP contribution in [0.2, 0.25) is 0 Å². The summed E-state index contributed by atoms with van der Waals surface area (Å²) in [5.41, 5.74) is 3.91. The van der Waals surface area contributed by atoms with Crippen molar-refractivity contribution in [2.45, 2.75) is 25.3 Å². The van der Waals surface area contributed by atoms with Crippen LogP contribution in [0.3, 0.4) is 0 Å². The second kappa shape index (κ2) is 4.73. The van der Waals surface area contributed by atoms with Gasteiger partial charge in [0.25, 0.3) is 0 Å². The highest BCUT2D eigenvalue weighted by molar-refractivity contribution is 5.47. The smallest absolute Gasteiger partial charge is 0.115 e. The first kappa shape index (κ1) is 11.1. The second-order valence-electron chi connectivity index (χ2n) is 4.87. The first-order chi connectivity index (χ1) is 8.83. The molecular formula is C16H17NO. The monoisotopic (exact) mass is 239 g/mol. The van der Waals surface area contributed by atoms with E-state index in [0.717, 1.165) is 18.2 Å². The Morgan fingerprint density at radius 1 is 1.00 bits per heavy atom. The van der Waals surface area contributed by atoms with Gasteiger partial charge in [-0.1, -0.05) is 24.3 Å². The predicted molar refractivity (Wildman–Crippen MR) is 73.9 cm³/mol. The Balaban J connectivity index is 1.71. The molecule has 0 aromatic heterocycles. The molecule has 0 heterocycles. The lowest BCUT2D eigenvalue weighted by Crippen LogP contribution is -2.02. The van der Waals surface area contributed by atoms with E-state index in [1.54, 1.807) is 12.1 Å². The van der Waals surface area contributed by atoms with Gasteiger partial charge in [-0.2, -0.15) is 0 Å². The van der Waals surface area contributed by atoms with Crippen LogP contribution in [-0.4, -0.2) is 5.11 Å². The summed E-state index contributed by atoms with van der Waals surface area (Å²) in [7, 11) is 0. The van der Waals surface area contributed by atoms with E-state index in [4.69, 9.17) is 0 Å². The molecule has 0 spiro atoms. The van der Waals surface area contributed by atoms with Crippen LogP contribution in [-0.2, 0) is 6.54 Å². The van der Waals surface area contributed by atoms with Crippen LogP contribution in [0.4, 0.5) is 5.69 Å². The summed E-state index contributed by atoms with van der Waals surface area (Å²) in [6, 6.07) is 15.9. The average molecular weight is 239 g/mol. The molecule has 0 unspecified atom stereocenters. The maximum absolute atomic E-state index is 9.24. The molecule has 0 aliphatic heterocycles. The van der Waals surface area contributed by atoms with Gasteiger partial charge in [-0.15, -0.1) is 0 Å². The van der Waals surface area contributed by atoms with Crippen LogP contribution < -0.4 is 5.32 Å². The number of benzene rings is 2. The van der Waals surface area contributed by atoms with Gasteiger partial charge in [0, 0.05) is 12.2 Å². The summed E-state index contributed by atoms with van der Waals surface area (Å²) in [5, 5.41) is 12.6. The van der Waals surface area contributed by atoms with E-state index in [0.29, 0.717) is 5.75 Å². The van der Waals surface area contributed by atoms with Gasteiger partial charge in [-0.05, 0) is 54.2 Å². The number of phenolic OH excluding ortho intramolecular Hbond substituents is 1. The van der Waals surface area contributed by atoms with Crippen molar-refractivity contribution in [3.8, 4) is 5.75 Å². The Bertz CT molecular complexity index is 529. The number of phenols is 1. The van der Waals surface area contributed by atoms with Crippen LogP contribution in [0.15, 0.2) is 48.5 Å². The number of anilines is 1. The summed E-state index contributed by atoms with van der Waals surface area (Å²) in [6.07, 6.45) is 2.66. The molecule has 1 saturated carbocycles. The van der Waals surface area contributed by atoms with E-state index in [9.17, 15) is 5.11 Å². The standard InChI is InChI=1S/C16H17NO/c18-15-9-7-14(8-10-15)17-11-13-3-1-2-4-16(13)12-5-6-12/h1-4,7-10,12,17-18H,5-6,11H2. The summed E-state index contributed by atoms with van der Waals surface area (Å²) >= 11 is 0. The van der Waals surface area contributed by atoms with Crippen molar-refractivity contribution in [1.29, 1.82) is 0 Å². The number of rotatable bonds is 4. The van der Waals surface area contributed by atoms with Gasteiger partial charge < -0.3 is 10.4 Å². The molecule has 1 fully saturated rings. The van der Waals surface area contributed by atoms with E-state index in [2.05, 4.69) is 29.6 Å². The molecule has 2 nitrogen and oxygen atoms in total. The molecule has 3 rings (SSSR count). The molecular weight excluding hydrogens is 222 g/mol. The van der Waals surface area contributed by atoms with Gasteiger partial charge in [-0.25, -0.2) is 0 Å². The van der Waals surface area contributed by atoms with Gasteiger partial charge in [0.1, 0.15) is 5.75 Å². The summed E-state index contributed by atoms with van der Waals surface area (Å²) < 4.78 is 0. The average Bonchev–Trinajstić information content (AvgIpc) is 3.23. The molecule has 0 atom stereocenters. The van der Waals surface area contributed by atoms with Crippen molar-refractivity contribution in [2.75, 3.05) is 5.32 Å². The number of hydrogen-bond acceptors (Lipinski definition) is 2. The lowest BCUT2D eigenvalue weighted by Gasteiger charge is -2.11. The maximum atomic E-state index is 9.24. The Labute approximate surface area is 107 Å². The molecule has 2 heteroatoms. The lowest BCUT2D eigenvalue weighted by molar-refractivity contribution is 0.475. The Morgan fingerprint density at radius 2 is 1.72 bits per heavy atom. The van der Waals surface area contributed by atoms with Crippen molar-refractivity contribution in [1.82, 2.24) is 0 Å². The molecule has 0 saturated heterocycles. The summed E-state index contributed by atoms with van der Waals surface area (Å²) in [6.45, 7) is 0.845. The maximum Gasteiger partial charge on any atom is 0.115 e. The number of hydrogen-bond donors (Lipinski definition) is 2. The summed E-state index contributed by atoms with van der Waals surface area (Å²) in [4.78, 5) is 0. The highest BCUT2D eigenvalue weighted by Gasteiger charge is 2.25. The molecule has 2 aromatic carbocycles. The van der Waals surface area contributed by atoms with Crippen LogP contribution in [0.1, 0.15) is 29.9 Å². The molecule has 2 aromatic rings. The molecule has 2 N–H and O–H groups in total. The highest BCUT2D eigenvalue weighted by Crippen LogP contribution is 2.41. The van der Waals surface area contributed by atoms with Gasteiger partial charge in [0.15, 0.2) is 0 Å². The van der Waals surface area contributed by atoms with Crippen molar-refractivity contribution in [3.05, 3.63) is 59.7 Å². The predicted octanol–water partition coefficient (Wildman–Crippen LogP) is 3.88. The molecule has 0 radical (unpaired) electrons. The van der Waals surface area contributed by atoms with Crippen LogP contribution in [0.5, 0.6) is 5.75 Å². The fraction of sp³-hybridized carbons (Fsp3) is 0.250. The zero-order valence-corrected chi connectivity index (χ0v) is 10.3. The number of nitrogens with one attached hydrogen (secondary N) is 1. The molecule has 0 amide bonds. The summed E-state index contributed by atoms with van der Waals surface area (Å²) in [5.74, 6) is 1.08. The SMILES string of the molecule is Oc1ccc(NCc2ccccc2C2CC2)cc1. The van der Waals surface area contributed by atoms with Gasteiger partial charge in [0.2, 0.25) is 0 Å². The van der Waals surface area contributed by atoms with E-state index in [1.165, 1.54) is 24.0 Å². The molecule has 1 aliphatic carbocycles. The minimum Gasteiger partial charge on any atom is -0.508 e. The van der Waals surface area contributed by atoms with Crippen molar-refractivity contribution in [3.63, 3.8) is 0 Å². The fourth-order valence-electron chi connectivity index (χ4n) is 2.26. The minimum atomic E-state index is 0.305. The van der Waals surface area contributed by atoms with Crippen molar-refractivity contribution < 1.29 is 5.11 Å². The molecule has 92 valence electrons. The van der Waals surface area contributed by atoms with Crippen molar-refractivity contribution in [2.24, 2.45) is 0 Å². The van der Waals surface area contributed by atoms with Crippen molar-refractivity contribution >= 4 is 5.69 Å². The van der Waals surface area contributed by atoms with E-state index >= 15 is 0 Å². The Kier molecular flexibility index (Phi) is 2.93. The van der Waals surface area contributed by atoms with E-state index < -0.39 is 0 Å². The third-order valence-electron chi connectivity index (χ3n) is 3.42. The Hall–Kier alpha value is -1.96. The zero-order valence-electron chi connectivity index (χ0n) is 10.3. The fourth-order valence-corrected chi connectivity index (χ4v) is 2.26. The minimum absolute atomic E-state index is 0.305. The highest BCUT2D eigenvalue weighted by atomic mass is 16.3. The second-order valence-corrected chi connectivity index (χ2v) is 4.87. The number of aromatic hydroxyl groups is 1. The molecule has 0 bridgehead atoms. The first-order valence-corrected chi connectivity index (χ1v) is 6.43. The van der Waals surface area contributed by atoms with Gasteiger partial charge >= 0.3 is 0 Å². The largest absolute Gasteiger partial charge is 0.508 e. The quantitative estimate of drug-likeness (QED) is 0.793. The van der Waals surface area contributed by atoms with E-state index in [1.807, 2.05) is 12.1 Å². The Morgan fingerprint density at radius 3 is 2.44 bits per heavy atom. The van der Waals surface area contributed by atoms with Crippen LogP contribution in [0, 0.1) is 0 Å². The molecule has 1 aliphatic rings. The zero-order chi connectivity index (χ0) is 12.4. The first-order valence-electron chi connectivity index (χ1n) is 6.43. The van der Waals surface area contributed by atoms with Crippen LogP contribution >= 0.6 is 0 Å². The van der Waals surface area contributed by atoms with Gasteiger partial charge in [-0.3, -0.25) is 0 Å². The van der Waals surface area contributed by atoms with E-state index in [-0.39, 0.29) is 0 Å². The van der Waals surface area contributed by atoms with Crippen LogP contribution in [0.25, 0.3) is 0 Å². The van der Waals surface area contributed by atoms with Gasteiger partial charge in [0.05, 0.1) is 0 Å². The molecule has 18 heavy (non-hydrogen) atoms. The lowest BCUT2D eigenvalue weighted by atomic mass is 10.0. The topological polar surface area (TPSA) is 32.3 Å².